The van der Waals surface area contributed by atoms with E-state index in [0.29, 0.717) is 12.3 Å². The molecule has 0 spiro atoms. The van der Waals surface area contributed by atoms with Crippen molar-refractivity contribution in [2.45, 2.75) is 65.6 Å². The molecule has 106 valence electrons. The maximum absolute atomic E-state index is 12.0. The van der Waals surface area contributed by atoms with Crippen molar-refractivity contribution in [1.29, 1.82) is 0 Å². The van der Waals surface area contributed by atoms with Gasteiger partial charge in [0.2, 0.25) is 5.91 Å². The first-order valence-corrected chi connectivity index (χ1v) is 6.52. The van der Waals surface area contributed by atoms with E-state index in [4.69, 9.17) is 5.11 Å². The van der Waals surface area contributed by atoms with Gasteiger partial charge in [-0.15, -0.1) is 0 Å². The zero-order chi connectivity index (χ0) is 14.3. The SMILES string of the molecule is CC(C)NC(CCC(=O)O)C(=O)NC(C)C(C)C. The average Bonchev–Trinajstić information content (AvgIpc) is 2.22. The Bertz CT molecular complexity index is 277. The molecule has 0 aliphatic rings. The molecule has 2 unspecified atom stereocenters. The zero-order valence-electron chi connectivity index (χ0n) is 12.0. The smallest absolute Gasteiger partial charge is 0.303 e. The Hall–Kier alpha value is -1.10. The van der Waals surface area contributed by atoms with E-state index in [9.17, 15) is 9.59 Å². The number of hydrogen-bond acceptors (Lipinski definition) is 3. The fourth-order valence-electron chi connectivity index (χ4n) is 1.45. The number of rotatable bonds is 8. The third-order valence-corrected chi connectivity index (χ3v) is 2.87. The van der Waals surface area contributed by atoms with Crippen molar-refractivity contribution >= 4 is 11.9 Å². The molecule has 5 heteroatoms. The molecule has 3 N–H and O–H groups in total. The summed E-state index contributed by atoms with van der Waals surface area (Å²) in [5.41, 5.74) is 0. The molecule has 0 aliphatic carbocycles. The Labute approximate surface area is 109 Å². The Morgan fingerprint density at radius 1 is 1.11 bits per heavy atom. The lowest BCUT2D eigenvalue weighted by atomic mass is 10.0. The first-order chi connectivity index (χ1) is 8.23. The largest absolute Gasteiger partial charge is 0.481 e. The fourth-order valence-corrected chi connectivity index (χ4v) is 1.45. The van der Waals surface area contributed by atoms with Crippen molar-refractivity contribution in [2.24, 2.45) is 5.92 Å². The van der Waals surface area contributed by atoms with Crippen LogP contribution in [0.25, 0.3) is 0 Å². The van der Waals surface area contributed by atoms with Crippen LogP contribution in [0, 0.1) is 5.92 Å². The molecule has 0 bridgehead atoms. The highest BCUT2D eigenvalue weighted by Gasteiger charge is 2.22. The predicted molar refractivity (Wildman–Crippen MR) is 71.4 cm³/mol. The third kappa shape index (κ3) is 7.27. The summed E-state index contributed by atoms with van der Waals surface area (Å²) in [5.74, 6) is -0.644. The van der Waals surface area contributed by atoms with Gasteiger partial charge in [0, 0.05) is 18.5 Å². The van der Waals surface area contributed by atoms with Gasteiger partial charge in [0.25, 0.3) is 0 Å². The molecule has 0 radical (unpaired) electrons. The van der Waals surface area contributed by atoms with E-state index in [-0.39, 0.29) is 24.4 Å². The maximum Gasteiger partial charge on any atom is 0.303 e. The van der Waals surface area contributed by atoms with Crippen molar-refractivity contribution in [1.82, 2.24) is 10.6 Å². The van der Waals surface area contributed by atoms with Gasteiger partial charge < -0.3 is 15.7 Å². The quantitative estimate of drug-likeness (QED) is 0.614. The summed E-state index contributed by atoms with van der Waals surface area (Å²) in [5, 5.41) is 14.7. The van der Waals surface area contributed by atoms with Crippen LogP contribution < -0.4 is 10.6 Å². The molecule has 0 fully saturated rings. The highest BCUT2D eigenvalue weighted by Crippen LogP contribution is 2.04. The molecular formula is C13H26N2O3. The second kappa shape index (κ2) is 8.08. The summed E-state index contributed by atoms with van der Waals surface area (Å²) < 4.78 is 0. The standard InChI is InChI=1S/C13H26N2O3/c1-8(2)10(5)15-13(18)11(14-9(3)4)6-7-12(16)17/h8-11,14H,6-7H2,1-5H3,(H,15,18)(H,16,17). The lowest BCUT2D eigenvalue weighted by molar-refractivity contribution is -0.137. The molecular weight excluding hydrogens is 232 g/mol. The number of nitrogens with one attached hydrogen (secondary N) is 2. The van der Waals surface area contributed by atoms with E-state index in [2.05, 4.69) is 10.6 Å². The molecule has 0 heterocycles. The van der Waals surface area contributed by atoms with Gasteiger partial charge in [0.15, 0.2) is 0 Å². The summed E-state index contributed by atoms with van der Waals surface area (Å²) in [6.45, 7) is 9.90. The van der Waals surface area contributed by atoms with Crippen LogP contribution in [0.1, 0.15) is 47.5 Å². The minimum absolute atomic E-state index is 0.00609. The van der Waals surface area contributed by atoms with Crippen molar-refractivity contribution < 1.29 is 14.7 Å². The first kappa shape index (κ1) is 16.9. The number of carbonyl (C=O) groups excluding carboxylic acids is 1. The number of carboxylic acid groups (broad SMARTS) is 1. The van der Waals surface area contributed by atoms with Crippen LogP contribution in [0.15, 0.2) is 0 Å². The number of carbonyl (C=O) groups is 2. The zero-order valence-corrected chi connectivity index (χ0v) is 12.0. The summed E-state index contributed by atoms with van der Waals surface area (Å²) in [6.07, 6.45) is 0.304. The van der Waals surface area contributed by atoms with E-state index < -0.39 is 12.0 Å². The first-order valence-electron chi connectivity index (χ1n) is 6.52. The van der Waals surface area contributed by atoms with E-state index in [1.807, 2.05) is 34.6 Å². The van der Waals surface area contributed by atoms with Gasteiger partial charge in [0.1, 0.15) is 0 Å². The Morgan fingerprint density at radius 2 is 1.67 bits per heavy atom. The topological polar surface area (TPSA) is 78.4 Å². The third-order valence-electron chi connectivity index (χ3n) is 2.87. The normalized spacial score (nSPS) is 14.6. The van der Waals surface area contributed by atoms with E-state index in [1.54, 1.807) is 0 Å². The van der Waals surface area contributed by atoms with E-state index >= 15 is 0 Å². The van der Waals surface area contributed by atoms with Crippen molar-refractivity contribution in [2.75, 3.05) is 0 Å². The number of carboxylic acids is 1. The van der Waals surface area contributed by atoms with Crippen LogP contribution in [0.3, 0.4) is 0 Å². The summed E-state index contributed by atoms with van der Waals surface area (Å²) in [7, 11) is 0. The predicted octanol–water partition coefficient (Wildman–Crippen LogP) is 1.38. The minimum atomic E-state index is -0.879. The lowest BCUT2D eigenvalue weighted by Gasteiger charge is -2.24. The molecule has 0 rings (SSSR count). The van der Waals surface area contributed by atoms with E-state index in [0.717, 1.165) is 0 Å². The molecule has 0 aromatic carbocycles. The second-order valence-electron chi connectivity index (χ2n) is 5.35. The van der Waals surface area contributed by atoms with E-state index in [1.165, 1.54) is 0 Å². The van der Waals surface area contributed by atoms with Gasteiger partial charge in [-0.25, -0.2) is 0 Å². The number of amides is 1. The Balaban J connectivity index is 4.43. The van der Waals surface area contributed by atoms with Crippen LogP contribution in [0.5, 0.6) is 0 Å². The van der Waals surface area contributed by atoms with Gasteiger partial charge in [-0.3, -0.25) is 9.59 Å². The molecule has 0 saturated heterocycles. The van der Waals surface area contributed by atoms with Gasteiger partial charge in [-0.2, -0.15) is 0 Å². The van der Waals surface area contributed by atoms with Crippen LogP contribution in [0.2, 0.25) is 0 Å². The van der Waals surface area contributed by atoms with Crippen LogP contribution >= 0.6 is 0 Å². The molecule has 5 nitrogen and oxygen atoms in total. The molecule has 0 aliphatic heterocycles. The van der Waals surface area contributed by atoms with Gasteiger partial charge in [-0.1, -0.05) is 27.7 Å². The van der Waals surface area contributed by atoms with Gasteiger partial charge in [0.05, 0.1) is 6.04 Å². The lowest BCUT2D eigenvalue weighted by Crippen LogP contribution is -2.50. The van der Waals surface area contributed by atoms with Crippen LogP contribution in [-0.2, 0) is 9.59 Å². The van der Waals surface area contributed by atoms with Crippen molar-refractivity contribution in [3.05, 3.63) is 0 Å². The van der Waals surface area contributed by atoms with Crippen molar-refractivity contribution in [3.8, 4) is 0 Å². The molecule has 18 heavy (non-hydrogen) atoms. The Morgan fingerprint density at radius 3 is 2.06 bits per heavy atom. The number of hydrogen-bond donors (Lipinski definition) is 3. The minimum Gasteiger partial charge on any atom is -0.481 e. The summed E-state index contributed by atoms with van der Waals surface area (Å²) >= 11 is 0. The highest BCUT2D eigenvalue weighted by atomic mass is 16.4. The fraction of sp³-hybridized carbons (Fsp3) is 0.846. The van der Waals surface area contributed by atoms with Crippen LogP contribution in [-0.4, -0.2) is 35.1 Å². The number of aliphatic carboxylic acids is 1. The molecule has 0 aromatic heterocycles. The highest BCUT2D eigenvalue weighted by molar-refractivity contribution is 5.82. The van der Waals surface area contributed by atoms with Gasteiger partial charge in [-0.05, 0) is 19.3 Å². The average molecular weight is 258 g/mol. The van der Waals surface area contributed by atoms with Gasteiger partial charge >= 0.3 is 5.97 Å². The Kier molecular flexibility index (Phi) is 7.59. The summed E-state index contributed by atoms with van der Waals surface area (Å²) in [6, 6.07) is -0.218. The van der Waals surface area contributed by atoms with Crippen LogP contribution in [0.4, 0.5) is 0 Å². The monoisotopic (exact) mass is 258 g/mol. The molecule has 1 amide bonds. The maximum atomic E-state index is 12.0. The van der Waals surface area contributed by atoms with Crippen molar-refractivity contribution in [3.63, 3.8) is 0 Å². The molecule has 0 saturated carbocycles. The summed E-state index contributed by atoms with van der Waals surface area (Å²) in [4.78, 5) is 22.6. The second-order valence-corrected chi connectivity index (χ2v) is 5.35. The molecule has 2 atom stereocenters. The molecule has 0 aromatic rings.